The average molecular weight is 857 g/mol. The number of nitrogens with zero attached hydrogens (tertiary/aromatic N) is 1. The van der Waals surface area contributed by atoms with Gasteiger partial charge in [-0.25, -0.2) is 13.6 Å². The maximum Gasteiger partial charge on any atom is 0.407 e. The molecule has 0 radical (unpaired) electrons. The molecule has 1 N–H and O–H groups in total. The third-order valence-electron chi connectivity index (χ3n) is 10.6. The Morgan fingerprint density at radius 2 is 1.07 bits per heavy atom. The standard InChI is InChI=1S/C48H86F2N2O8/c1-4-7-10-13-16-17-18-19-20-21-22-23-24-25-28-31-45(53)58-39-42(41-60-48(55)51-43-36-52(37-43)38-44(49)50)40-59-46(54)32-33-47(56-34-29-26-14-11-8-5-2)57-35-30-27-15-12-9-6-3/h16-17,19-20,42-44,47H,4-15,18,21-41H2,1-3H3,(H,51,55)/b17-16-,20-19-. The molecule has 1 unspecified atom stereocenters. The predicted molar refractivity (Wildman–Crippen MR) is 237 cm³/mol. The Kier molecular flexibility index (Phi) is 37.4. The van der Waals surface area contributed by atoms with Crippen molar-refractivity contribution >= 4 is 18.0 Å². The van der Waals surface area contributed by atoms with Crippen molar-refractivity contribution in [3.63, 3.8) is 0 Å². The lowest BCUT2D eigenvalue weighted by atomic mass is 10.1. The molecule has 0 bridgehead atoms. The van der Waals surface area contributed by atoms with Gasteiger partial charge in [-0.2, -0.15) is 0 Å². The normalized spacial score (nSPS) is 14.1. The van der Waals surface area contributed by atoms with Gasteiger partial charge < -0.3 is 29.0 Å². The Morgan fingerprint density at radius 3 is 1.63 bits per heavy atom. The molecule has 0 saturated carbocycles. The second-order valence-electron chi connectivity index (χ2n) is 16.5. The van der Waals surface area contributed by atoms with Crippen LogP contribution in [-0.2, 0) is 33.3 Å². The maximum atomic E-state index is 12.9. The van der Waals surface area contributed by atoms with Gasteiger partial charge in [-0.3, -0.25) is 14.5 Å². The number of ether oxygens (including phenoxy) is 5. The zero-order chi connectivity index (χ0) is 43.7. The molecule has 1 fully saturated rings. The average Bonchev–Trinajstić information content (AvgIpc) is 3.21. The molecule has 0 aromatic carbocycles. The molecule has 60 heavy (non-hydrogen) atoms. The Labute approximate surface area is 363 Å². The molecule has 1 amide bonds. The summed E-state index contributed by atoms with van der Waals surface area (Å²) in [6.45, 7) is 7.77. The number of hydrogen-bond acceptors (Lipinski definition) is 9. The van der Waals surface area contributed by atoms with Crippen LogP contribution in [0.5, 0.6) is 0 Å². The lowest BCUT2D eigenvalue weighted by Gasteiger charge is -2.38. The summed E-state index contributed by atoms with van der Waals surface area (Å²) < 4.78 is 54.0. The fourth-order valence-electron chi connectivity index (χ4n) is 6.84. The fraction of sp³-hybridized carbons (Fsp3) is 0.854. The highest BCUT2D eigenvalue weighted by atomic mass is 19.3. The number of carbonyl (C=O) groups excluding carboxylic acids is 3. The molecule has 1 rings (SSSR count). The Balaban J connectivity index is 2.52. The highest BCUT2D eigenvalue weighted by Gasteiger charge is 2.30. The minimum atomic E-state index is -2.43. The number of esters is 2. The Morgan fingerprint density at radius 1 is 0.600 bits per heavy atom. The Bertz CT molecular complexity index is 1070. The van der Waals surface area contributed by atoms with E-state index >= 15 is 0 Å². The van der Waals surface area contributed by atoms with E-state index in [2.05, 4.69) is 50.4 Å². The number of alkyl carbamates (subject to hydrolysis) is 1. The number of likely N-dealkylation sites (tertiary alicyclic amines) is 1. The number of nitrogens with one attached hydrogen (secondary N) is 1. The maximum absolute atomic E-state index is 12.9. The molecule has 1 aliphatic rings. The molecular weight excluding hydrogens is 771 g/mol. The lowest BCUT2D eigenvalue weighted by Crippen LogP contribution is -2.60. The van der Waals surface area contributed by atoms with Crippen molar-refractivity contribution < 1.29 is 46.8 Å². The zero-order valence-corrected chi connectivity index (χ0v) is 38.1. The van der Waals surface area contributed by atoms with E-state index < -0.39 is 30.7 Å². The second-order valence-corrected chi connectivity index (χ2v) is 16.5. The van der Waals surface area contributed by atoms with Gasteiger partial charge in [0.2, 0.25) is 0 Å². The van der Waals surface area contributed by atoms with Crippen LogP contribution >= 0.6 is 0 Å². The summed E-state index contributed by atoms with van der Waals surface area (Å²) in [5.41, 5.74) is 0. The predicted octanol–water partition coefficient (Wildman–Crippen LogP) is 12.0. The van der Waals surface area contributed by atoms with Crippen molar-refractivity contribution in [2.45, 2.75) is 206 Å². The van der Waals surface area contributed by atoms with Crippen LogP contribution in [0.15, 0.2) is 24.3 Å². The summed E-state index contributed by atoms with van der Waals surface area (Å²) in [7, 11) is 0. The molecular formula is C48H86F2N2O8. The van der Waals surface area contributed by atoms with E-state index in [9.17, 15) is 23.2 Å². The quantitative estimate of drug-likeness (QED) is 0.0211. The van der Waals surface area contributed by atoms with Gasteiger partial charge in [-0.05, 0) is 51.4 Å². The van der Waals surface area contributed by atoms with Crippen LogP contribution in [0.4, 0.5) is 13.6 Å². The van der Waals surface area contributed by atoms with Gasteiger partial charge in [-0.15, -0.1) is 0 Å². The fourth-order valence-corrected chi connectivity index (χ4v) is 6.84. The molecule has 1 heterocycles. The van der Waals surface area contributed by atoms with E-state index in [0.29, 0.717) is 32.7 Å². The first-order chi connectivity index (χ1) is 29.3. The summed E-state index contributed by atoms with van der Waals surface area (Å²) >= 11 is 0. The third-order valence-corrected chi connectivity index (χ3v) is 10.6. The van der Waals surface area contributed by atoms with Crippen molar-refractivity contribution in [3.05, 3.63) is 24.3 Å². The number of halogens is 2. The van der Waals surface area contributed by atoms with Gasteiger partial charge in [-0.1, -0.05) is 141 Å². The van der Waals surface area contributed by atoms with Crippen LogP contribution in [-0.4, -0.2) is 94.4 Å². The van der Waals surface area contributed by atoms with Gasteiger partial charge in [0.25, 0.3) is 6.43 Å². The van der Waals surface area contributed by atoms with Crippen molar-refractivity contribution in [1.82, 2.24) is 10.2 Å². The van der Waals surface area contributed by atoms with Crippen molar-refractivity contribution in [2.24, 2.45) is 5.92 Å². The summed E-state index contributed by atoms with van der Waals surface area (Å²) in [6, 6.07) is -0.284. The minimum Gasteiger partial charge on any atom is -0.465 e. The number of allylic oxidation sites excluding steroid dienone is 4. The molecule has 12 heteroatoms. The first-order valence-corrected chi connectivity index (χ1v) is 24.0. The summed E-state index contributed by atoms with van der Waals surface area (Å²) in [5, 5.41) is 2.68. The SMILES string of the molecule is CCCCC/C=C\C/C=C\CCCCCCCC(=O)OCC(COC(=O)CCC(OCCCCCCCC)OCCCCCCCC)COC(=O)NC1CN(CC(F)F)C1. The number of amides is 1. The number of carbonyl (C=O) groups is 3. The monoisotopic (exact) mass is 857 g/mol. The molecule has 10 nitrogen and oxygen atoms in total. The third kappa shape index (κ3) is 35.1. The van der Waals surface area contributed by atoms with Gasteiger partial charge >= 0.3 is 18.0 Å². The molecule has 0 spiro atoms. The first kappa shape index (κ1) is 55.4. The van der Waals surface area contributed by atoms with Gasteiger partial charge in [0.1, 0.15) is 19.8 Å². The lowest BCUT2D eigenvalue weighted by molar-refractivity contribution is -0.161. The van der Waals surface area contributed by atoms with Gasteiger partial charge in [0, 0.05) is 39.1 Å². The molecule has 1 atom stereocenters. The van der Waals surface area contributed by atoms with Crippen LogP contribution in [0.3, 0.4) is 0 Å². The molecule has 350 valence electrons. The van der Waals surface area contributed by atoms with Gasteiger partial charge in [0.15, 0.2) is 6.29 Å². The van der Waals surface area contributed by atoms with Gasteiger partial charge in [0.05, 0.1) is 24.9 Å². The van der Waals surface area contributed by atoms with E-state index in [1.165, 1.54) is 77.0 Å². The smallest absolute Gasteiger partial charge is 0.407 e. The van der Waals surface area contributed by atoms with E-state index in [4.69, 9.17) is 23.7 Å². The van der Waals surface area contributed by atoms with E-state index in [1.807, 2.05) is 0 Å². The van der Waals surface area contributed by atoms with Crippen LogP contribution in [0.1, 0.15) is 188 Å². The summed E-state index contributed by atoms with van der Waals surface area (Å²) in [5.74, 6) is -1.36. The van der Waals surface area contributed by atoms with E-state index in [1.54, 1.807) is 4.90 Å². The molecule has 1 saturated heterocycles. The molecule has 0 aromatic heterocycles. The Hall–Kier alpha value is -2.57. The van der Waals surface area contributed by atoms with Crippen LogP contribution in [0.2, 0.25) is 0 Å². The minimum absolute atomic E-state index is 0.0728. The van der Waals surface area contributed by atoms with Crippen LogP contribution < -0.4 is 5.32 Å². The molecule has 1 aliphatic heterocycles. The van der Waals surface area contributed by atoms with Crippen molar-refractivity contribution in [1.29, 1.82) is 0 Å². The zero-order valence-electron chi connectivity index (χ0n) is 38.1. The van der Waals surface area contributed by atoms with Crippen molar-refractivity contribution in [3.8, 4) is 0 Å². The molecule has 0 aliphatic carbocycles. The van der Waals surface area contributed by atoms with E-state index in [0.717, 1.165) is 70.6 Å². The highest BCUT2D eigenvalue weighted by Crippen LogP contribution is 2.15. The number of alkyl halides is 2. The first-order valence-electron chi connectivity index (χ1n) is 24.0. The molecule has 0 aromatic rings. The summed E-state index contributed by atoms with van der Waals surface area (Å²) in [6.07, 6.45) is 32.0. The van der Waals surface area contributed by atoms with Crippen LogP contribution in [0.25, 0.3) is 0 Å². The largest absolute Gasteiger partial charge is 0.465 e. The topological polar surface area (TPSA) is 113 Å². The number of hydrogen-bond donors (Lipinski definition) is 1. The number of rotatable bonds is 42. The number of unbranched alkanes of at least 4 members (excludes halogenated alkanes) is 18. The van der Waals surface area contributed by atoms with Crippen molar-refractivity contribution in [2.75, 3.05) is 52.7 Å². The van der Waals surface area contributed by atoms with E-state index in [-0.39, 0.29) is 51.2 Å². The summed E-state index contributed by atoms with van der Waals surface area (Å²) in [4.78, 5) is 39.6. The van der Waals surface area contributed by atoms with Crippen LogP contribution in [0, 0.1) is 5.92 Å². The highest BCUT2D eigenvalue weighted by molar-refractivity contribution is 5.70. The second kappa shape index (κ2) is 40.5.